The molecule has 0 bridgehead atoms. The maximum atomic E-state index is 5.38. The van der Waals surface area contributed by atoms with E-state index in [4.69, 9.17) is 12.2 Å². The van der Waals surface area contributed by atoms with Crippen LogP contribution in [0.15, 0.2) is 54.6 Å². The van der Waals surface area contributed by atoms with Crippen molar-refractivity contribution < 1.29 is 4.90 Å². The number of nitrogens with one attached hydrogen (secondary N) is 3. The molecule has 0 radical (unpaired) electrons. The molecule has 0 fully saturated rings. The number of anilines is 1. The third-order valence-corrected chi connectivity index (χ3v) is 3.66. The van der Waals surface area contributed by atoms with E-state index in [-0.39, 0.29) is 0 Å². The number of benzene rings is 2. The van der Waals surface area contributed by atoms with Gasteiger partial charge in [-0.25, -0.2) is 0 Å². The number of para-hydroxylation sites is 1. The minimum Gasteiger partial charge on any atom is -0.357 e. The van der Waals surface area contributed by atoms with Gasteiger partial charge in [0.05, 0.1) is 27.2 Å². The van der Waals surface area contributed by atoms with Crippen molar-refractivity contribution in [3.63, 3.8) is 0 Å². The SMILES string of the molecule is C[NH+](C)CCNC(=S)Nc1ccccc1Cc1ccccc1. The Balaban J connectivity index is 1.98. The van der Waals surface area contributed by atoms with E-state index in [9.17, 15) is 0 Å². The van der Waals surface area contributed by atoms with E-state index in [0.29, 0.717) is 5.11 Å². The van der Waals surface area contributed by atoms with Crippen molar-refractivity contribution in [3.05, 3.63) is 65.7 Å². The number of rotatable bonds is 6. The molecule has 0 saturated heterocycles. The summed E-state index contributed by atoms with van der Waals surface area (Å²) >= 11 is 5.38. The fraction of sp³-hybridized carbons (Fsp3) is 0.278. The van der Waals surface area contributed by atoms with Gasteiger partial charge in [0.1, 0.15) is 0 Å². The highest BCUT2D eigenvalue weighted by Crippen LogP contribution is 2.18. The second-order valence-electron chi connectivity index (χ2n) is 5.66. The van der Waals surface area contributed by atoms with Gasteiger partial charge in [0.15, 0.2) is 5.11 Å². The third-order valence-electron chi connectivity index (χ3n) is 3.41. The molecule has 116 valence electrons. The van der Waals surface area contributed by atoms with Crippen LogP contribution < -0.4 is 15.5 Å². The second-order valence-corrected chi connectivity index (χ2v) is 6.07. The molecule has 3 nitrogen and oxygen atoms in total. The van der Waals surface area contributed by atoms with Crippen LogP contribution in [0, 0.1) is 0 Å². The van der Waals surface area contributed by atoms with Crippen molar-refractivity contribution in [1.82, 2.24) is 5.32 Å². The summed E-state index contributed by atoms with van der Waals surface area (Å²) in [4.78, 5) is 1.40. The molecule has 4 heteroatoms. The molecule has 0 saturated carbocycles. The fourth-order valence-corrected chi connectivity index (χ4v) is 2.42. The standard InChI is InChI=1S/C18H23N3S/c1-21(2)13-12-19-18(22)20-17-11-7-6-10-16(17)14-15-8-4-3-5-9-15/h3-11H,12-14H2,1-2H3,(H2,19,20,22)/p+1. The first kappa shape index (κ1) is 16.5. The Morgan fingerprint density at radius 3 is 2.41 bits per heavy atom. The van der Waals surface area contributed by atoms with Crippen LogP contribution in [0.1, 0.15) is 11.1 Å². The Kier molecular flexibility index (Phi) is 6.37. The van der Waals surface area contributed by atoms with Gasteiger partial charge in [-0.3, -0.25) is 0 Å². The predicted molar refractivity (Wildman–Crippen MR) is 97.6 cm³/mol. The molecule has 2 aromatic rings. The summed E-state index contributed by atoms with van der Waals surface area (Å²) in [5, 5.41) is 7.25. The van der Waals surface area contributed by atoms with Crippen LogP contribution in [0.3, 0.4) is 0 Å². The molecular weight excluding hydrogens is 290 g/mol. The summed E-state index contributed by atoms with van der Waals surface area (Å²) in [6, 6.07) is 18.8. The van der Waals surface area contributed by atoms with Gasteiger partial charge < -0.3 is 15.5 Å². The fourth-order valence-electron chi connectivity index (χ4n) is 2.20. The van der Waals surface area contributed by atoms with E-state index in [1.165, 1.54) is 16.0 Å². The molecule has 0 atom stereocenters. The van der Waals surface area contributed by atoms with Gasteiger partial charge in [-0.05, 0) is 35.8 Å². The van der Waals surface area contributed by atoms with E-state index in [0.717, 1.165) is 25.2 Å². The Morgan fingerprint density at radius 2 is 1.68 bits per heavy atom. The minimum atomic E-state index is 0.682. The number of thiocarbonyl (C=S) groups is 1. The molecule has 22 heavy (non-hydrogen) atoms. The van der Waals surface area contributed by atoms with E-state index < -0.39 is 0 Å². The summed E-state index contributed by atoms with van der Waals surface area (Å²) in [7, 11) is 4.26. The summed E-state index contributed by atoms with van der Waals surface area (Å²) in [6.07, 6.45) is 0.897. The highest BCUT2D eigenvalue weighted by molar-refractivity contribution is 7.80. The first-order valence-corrected chi connectivity index (χ1v) is 8.01. The molecule has 0 aliphatic carbocycles. The molecule has 0 spiro atoms. The van der Waals surface area contributed by atoms with Crippen molar-refractivity contribution in [3.8, 4) is 0 Å². The van der Waals surface area contributed by atoms with Gasteiger partial charge in [-0.2, -0.15) is 0 Å². The van der Waals surface area contributed by atoms with Gasteiger partial charge in [0, 0.05) is 5.69 Å². The zero-order valence-corrected chi connectivity index (χ0v) is 14.0. The van der Waals surface area contributed by atoms with Gasteiger partial charge in [0.25, 0.3) is 0 Å². The lowest BCUT2D eigenvalue weighted by molar-refractivity contribution is -0.856. The smallest absolute Gasteiger partial charge is 0.170 e. The number of hydrogen-bond donors (Lipinski definition) is 3. The van der Waals surface area contributed by atoms with E-state index in [1.807, 2.05) is 12.1 Å². The Bertz CT molecular complexity index is 596. The second kappa shape index (κ2) is 8.51. The minimum absolute atomic E-state index is 0.682. The molecule has 0 unspecified atom stereocenters. The van der Waals surface area contributed by atoms with Crippen molar-refractivity contribution in [2.75, 3.05) is 32.5 Å². The lowest BCUT2D eigenvalue weighted by atomic mass is 10.0. The van der Waals surface area contributed by atoms with Crippen LogP contribution >= 0.6 is 12.2 Å². The summed E-state index contributed by atoms with van der Waals surface area (Å²) < 4.78 is 0. The molecule has 3 N–H and O–H groups in total. The number of quaternary nitrogens is 1. The van der Waals surface area contributed by atoms with Crippen molar-refractivity contribution >= 4 is 23.0 Å². The molecule has 0 aliphatic heterocycles. The maximum absolute atomic E-state index is 5.38. The Morgan fingerprint density at radius 1 is 1.00 bits per heavy atom. The predicted octanol–water partition coefficient (Wildman–Crippen LogP) is 1.71. The number of hydrogen-bond acceptors (Lipinski definition) is 1. The molecule has 0 aliphatic rings. The van der Waals surface area contributed by atoms with Crippen LogP contribution in [-0.4, -0.2) is 32.3 Å². The molecular formula is C18H24N3S+. The van der Waals surface area contributed by atoms with Crippen LogP contribution in [-0.2, 0) is 6.42 Å². The highest BCUT2D eigenvalue weighted by Gasteiger charge is 2.05. The molecule has 0 aromatic heterocycles. The van der Waals surface area contributed by atoms with Crippen LogP contribution in [0.5, 0.6) is 0 Å². The average molecular weight is 314 g/mol. The first-order valence-electron chi connectivity index (χ1n) is 7.61. The van der Waals surface area contributed by atoms with E-state index in [1.54, 1.807) is 0 Å². The Hall–Kier alpha value is -1.91. The Labute approximate surface area is 138 Å². The normalized spacial score (nSPS) is 10.5. The average Bonchev–Trinajstić information content (AvgIpc) is 2.50. The van der Waals surface area contributed by atoms with E-state index >= 15 is 0 Å². The van der Waals surface area contributed by atoms with Crippen molar-refractivity contribution in [1.29, 1.82) is 0 Å². The van der Waals surface area contributed by atoms with Crippen molar-refractivity contribution in [2.45, 2.75) is 6.42 Å². The highest BCUT2D eigenvalue weighted by atomic mass is 32.1. The van der Waals surface area contributed by atoms with Gasteiger partial charge in [-0.1, -0.05) is 48.5 Å². The van der Waals surface area contributed by atoms with Crippen LogP contribution in [0.4, 0.5) is 5.69 Å². The van der Waals surface area contributed by atoms with E-state index in [2.05, 4.69) is 67.2 Å². The maximum Gasteiger partial charge on any atom is 0.170 e. The zero-order valence-electron chi connectivity index (χ0n) is 13.2. The molecule has 2 rings (SSSR count). The van der Waals surface area contributed by atoms with Crippen LogP contribution in [0.25, 0.3) is 0 Å². The lowest BCUT2D eigenvalue weighted by Gasteiger charge is -2.15. The molecule has 2 aromatic carbocycles. The lowest BCUT2D eigenvalue weighted by Crippen LogP contribution is -3.06. The van der Waals surface area contributed by atoms with Gasteiger partial charge >= 0.3 is 0 Å². The van der Waals surface area contributed by atoms with Gasteiger partial charge in [-0.15, -0.1) is 0 Å². The summed E-state index contributed by atoms with van der Waals surface area (Å²) in [5.74, 6) is 0. The zero-order chi connectivity index (χ0) is 15.8. The molecule has 0 amide bonds. The topological polar surface area (TPSA) is 28.5 Å². The summed E-state index contributed by atoms with van der Waals surface area (Å²) in [5.41, 5.74) is 3.61. The third kappa shape index (κ3) is 5.47. The quantitative estimate of drug-likeness (QED) is 0.709. The molecule has 0 heterocycles. The van der Waals surface area contributed by atoms with Gasteiger partial charge in [0.2, 0.25) is 0 Å². The number of likely N-dealkylation sites (N-methyl/N-ethyl adjacent to an activating group) is 1. The summed E-state index contributed by atoms with van der Waals surface area (Å²) in [6.45, 7) is 1.91. The van der Waals surface area contributed by atoms with Crippen LogP contribution in [0.2, 0.25) is 0 Å². The monoisotopic (exact) mass is 314 g/mol. The largest absolute Gasteiger partial charge is 0.357 e. The first-order chi connectivity index (χ1) is 10.6. The van der Waals surface area contributed by atoms with Crippen molar-refractivity contribution in [2.24, 2.45) is 0 Å².